The molecule has 0 radical (unpaired) electrons. The fourth-order valence-corrected chi connectivity index (χ4v) is 1.90. The smallest absolute Gasteiger partial charge is 0.000709 e. The van der Waals surface area contributed by atoms with Gasteiger partial charge in [-0.25, -0.2) is 0 Å². The molecule has 0 N–H and O–H groups in total. The minimum absolute atomic E-state index is 0.529. The van der Waals surface area contributed by atoms with Crippen LogP contribution in [-0.2, 0) is 0 Å². The molecule has 0 aromatic heterocycles. The normalized spacial score (nSPS) is 26.5. The van der Waals surface area contributed by atoms with Gasteiger partial charge in [-0.05, 0) is 44.2 Å². The zero-order chi connectivity index (χ0) is 9.19. The van der Waals surface area contributed by atoms with Crippen molar-refractivity contribution in [1.82, 2.24) is 4.90 Å². The summed E-state index contributed by atoms with van der Waals surface area (Å²) in [6.45, 7) is 9.66. The van der Waals surface area contributed by atoms with Crippen molar-refractivity contribution in [2.45, 2.75) is 40.0 Å². The van der Waals surface area contributed by atoms with Gasteiger partial charge >= 0.3 is 0 Å². The van der Waals surface area contributed by atoms with Gasteiger partial charge in [0.05, 0.1) is 0 Å². The zero-order valence-electron chi connectivity index (χ0n) is 9.06. The minimum Gasteiger partial charge on any atom is -0.306 e. The quantitative estimate of drug-likeness (QED) is 0.614. The summed E-state index contributed by atoms with van der Waals surface area (Å²) in [5.41, 5.74) is 0.529. The monoisotopic (exact) mass is 169 g/mol. The molecule has 1 fully saturated rings. The van der Waals surface area contributed by atoms with Crippen molar-refractivity contribution in [3.63, 3.8) is 0 Å². The second-order valence-corrected chi connectivity index (χ2v) is 5.52. The van der Waals surface area contributed by atoms with Crippen LogP contribution in [0.2, 0.25) is 0 Å². The standard InChI is InChI=1S/C11H23N/c1-11(2,3)7-5-10-6-8-12(4)9-10/h10H,5-9H2,1-4H3. The Hall–Kier alpha value is -0.0400. The Bertz CT molecular complexity index is 134. The lowest BCUT2D eigenvalue weighted by molar-refractivity contribution is 0.316. The third kappa shape index (κ3) is 3.57. The Morgan fingerprint density at radius 1 is 1.33 bits per heavy atom. The Balaban J connectivity index is 2.16. The number of hydrogen-bond acceptors (Lipinski definition) is 1. The molecule has 1 heterocycles. The lowest BCUT2D eigenvalue weighted by Gasteiger charge is -2.20. The van der Waals surface area contributed by atoms with Crippen molar-refractivity contribution in [1.29, 1.82) is 0 Å². The number of hydrogen-bond donors (Lipinski definition) is 0. The van der Waals surface area contributed by atoms with Crippen LogP contribution in [0.1, 0.15) is 40.0 Å². The molecule has 12 heavy (non-hydrogen) atoms. The Labute approximate surface area is 77.1 Å². The van der Waals surface area contributed by atoms with Crippen molar-refractivity contribution < 1.29 is 0 Å². The molecule has 1 rings (SSSR count). The first-order valence-electron chi connectivity index (χ1n) is 5.16. The molecule has 0 bridgehead atoms. The van der Waals surface area contributed by atoms with Crippen LogP contribution in [0.3, 0.4) is 0 Å². The molecule has 1 nitrogen and oxygen atoms in total. The van der Waals surface area contributed by atoms with Crippen molar-refractivity contribution in [2.24, 2.45) is 11.3 Å². The molecule has 1 atom stereocenters. The fourth-order valence-electron chi connectivity index (χ4n) is 1.90. The second-order valence-electron chi connectivity index (χ2n) is 5.52. The van der Waals surface area contributed by atoms with Crippen LogP contribution in [0.25, 0.3) is 0 Å². The summed E-state index contributed by atoms with van der Waals surface area (Å²) in [6, 6.07) is 0. The predicted molar refractivity (Wildman–Crippen MR) is 54.3 cm³/mol. The van der Waals surface area contributed by atoms with Crippen LogP contribution in [0.15, 0.2) is 0 Å². The third-order valence-electron chi connectivity index (χ3n) is 2.79. The predicted octanol–water partition coefficient (Wildman–Crippen LogP) is 2.76. The molecule has 1 aliphatic rings. The average Bonchev–Trinajstić information content (AvgIpc) is 2.30. The molecular weight excluding hydrogens is 146 g/mol. The molecule has 0 amide bonds. The van der Waals surface area contributed by atoms with Crippen LogP contribution in [0.4, 0.5) is 0 Å². The summed E-state index contributed by atoms with van der Waals surface area (Å²) in [5, 5.41) is 0. The first-order valence-corrected chi connectivity index (χ1v) is 5.16. The average molecular weight is 169 g/mol. The lowest BCUT2D eigenvalue weighted by atomic mass is 9.86. The highest BCUT2D eigenvalue weighted by Crippen LogP contribution is 2.27. The summed E-state index contributed by atoms with van der Waals surface area (Å²) in [7, 11) is 2.23. The topological polar surface area (TPSA) is 3.24 Å². The van der Waals surface area contributed by atoms with E-state index in [-0.39, 0.29) is 0 Å². The maximum atomic E-state index is 2.45. The van der Waals surface area contributed by atoms with Crippen LogP contribution in [0, 0.1) is 11.3 Å². The van der Waals surface area contributed by atoms with Gasteiger partial charge < -0.3 is 4.90 Å². The van der Waals surface area contributed by atoms with E-state index in [9.17, 15) is 0 Å². The first kappa shape index (κ1) is 10.0. The van der Waals surface area contributed by atoms with Gasteiger partial charge in [0.2, 0.25) is 0 Å². The molecule has 72 valence electrons. The van der Waals surface area contributed by atoms with E-state index in [0.717, 1.165) is 5.92 Å². The zero-order valence-corrected chi connectivity index (χ0v) is 9.06. The van der Waals surface area contributed by atoms with E-state index in [1.54, 1.807) is 0 Å². The van der Waals surface area contributed by atoms with Gasteiger partial charge in [0.1, 0.15) is 0 Å². The Morgan fingerprint density at radius 2 is 2.00 bits per heavy atom. The second kappa shape index (κ2) is 3.78. The molecule has 0 aromatic rings. The van der Waals surface area contributed by atoms with Gasteiger partial charge in [0.25, 0.3) is 0 Å². The van der Waals surface area contributed by atoms with E-state index in [2.05, 4.69) is 32.7 Å². The van der Waals surface area contributed by atoms with Crippen LogP contribution >= 0.6 is 0 Å². The number of rotatable bonds is 2. The molecule has 1 aliphatic heterocycles. The third-order valence-corrected chi connectivity index (χ3v) is 2.79. The van der Waals surface area contributed by atoms with E-state index in [4.69, 9.17) is 0 Å². The minimum atomic E-state index is 0.529. The highest BCUT2D eigenvalue weighted by molar-refractivity contribution is 4.75. The van der Waals surface area contributed by atoms with Crippen LogP contribution < -0.4 is 0 Å². The molecule has 0 spiro atoms. The summed E-state index contributed by atoms with van der Waals surface area (Å²) < 4.78 is 0. The first-order chi connectivity index (χ1) is 5.47. The van der Waals surface area contributed by atoms with E-state index in [1.165, 1.54) is 32.4 Å². The van der Waals surface area contributed by atoms with Crippen LogP contribution in [-0.4, -0.2) is 25.0 Å². The highest BCUT2D eigenvalue weighted by Gasteiger charge is 2.21. The van der Waals surface area contributed by atoms with E-state index in [0.29, 0.717) is 5.41 Å². The maximum absolute atomic E-state index is 2.45. The molecule has 0 aromatic carbocycles. The molecule has 1 saturated heterocycles. The highest BCUT2D eigenvalue weighted by atomic mass is 15.1. The van der Waals surface area contributed by atoms with Gasteiger partial charge in [-0.2, -0.15) is 0 Å². The maximum Gasteiger partial charge on any atom is 0.000709 e. The summed E-state index contributed by atoms with van der Waals surface area (Å²) in [5.74, 6) is 0.981. The van der Waals surface area contributed by atoms with Gasteiger partial charge in [-0.1, -0.05) is 20.8 Å². The number of likely N-dealkylation sites (tertiary alicyclic amines) is 1. The fraction of sp³-hybridized carbons (Fsp3) is 1.00. The molecule has 0 aliphatic carbocycles. The summed E-state index contributed by atoms with van der Waals surface area (Å²) in [4.78, 5) is 2.45. The molecule has 0 saturated carbocycles. The molecule has 1 heteroatoms. The van der Waals surface area contributed by atoms with Crippen molar-refractivity contribution in [3.8, 4) is 0 Å². The molecule has 1 unspecified atom stereocenters. The summed E-state index contributed by atoms with van der Waals surface area (Å²) in [6.07, 6.45) is 4.23. The lowest BCUT2D eigenvalue weighted by Crippen LogP contribution is -2.15. The number of nitrogens with zero attached hydrogens (tertiary/aromatic N) is 1. The Kier molecular flexibility index (Phi) is 3.16. The Morgan fingerprint density at radius 3 is 2.42 bits per heavy atom. The van der Waals surface area contributed by atoms with E-state index < -0.39 is 0 Å². The van der Waals surface area contributed by atoms with E-state index >= 15 is 0 Å². The van der Waals surface area contributed by atoms with Crippen molar-refractivity contribution >= 4 is 0 Å². The van der Waals surface area contributed by atoms with Crippen molar-refractivity contribution in [3.05, 3.63) is 0 Å². The van der Waals surface area contributed by atoms with E-state index in [1.807, 2.05) is 0 Å². The van der Waals surface area contributed by atoms with Gasteiger partial charge in [0.15, 0.2) is 0 Å². The van der Waals surface area contributed by atoms with Gasteiger partial charge in [-0.3, -0.25) is 0 Å². The SMILES string of the molecule is CN1CCC(CCC(C)(C)C)C1. The summed E-state index contributed by atoms with van der Waals surface area (Å²) >= 11 is 0. The van der Waals surface area contributed by atoms with Gasteiger partial charge in [0, 0.05) is 6.54 Å². The van der Waals surface area contributed by atoms with Crippen molar-refractivity contribution in [2.75, 3.05) is 20.1 Å². The van der Waals surface area contributed by atoms with Crippen LogP contribution in [0.5, 0.6) is 0 Å². The van der Waals surface area contributed by atoms with Gasteiger partial charge in [-0.15, -0.1) is 0 Å². The molecular formula is C11H23N. The largest absolute Gasteiger partial charge is 0.306 e.